The molecule has 0 bridgehead atoms. The number of H-pyrrole nitrogens is 1. The average Bonchev–Trinajstić information content (AvgIpc) is 2.88. The van der Waals surface area contributed by atoms with E-state index in [1.807, 2.05) is 4.98 Å². The zero-order valence-corrected chi connectivity index (χ0v) is 14.8. The van der Waals surface area contributed by atoms with Crippen LogP contribution in [0.5, 0.6) is 0 Å². The van der Waals surface area contributed by atoms with Gasteiger partial charge in [-0.3, -0.25) is 19.1 Å². The van der Waals surface area contributed by atoms with Crippen LogP contribution in [-0.2, 0) is 4.74 Å². The third-order valence-electron chi connectivity index (χ3n) is 3.87. The van der Waals surface area contributed by atoms with Gasteiger partial charge in [0.25, 0.3) is 11.5 Å². The first-order valence-electron chi connectivity index (χ1n) is 7.60. The number of nitrogens with one attached hydrogen (secondary N) is 2. The van der Waals surface area contributed by atoms with Crippen molar-refractivity contribution < 1.29 is 19.7 Å². The predicted octanol–water partition coefficient (Wildman–Crippen LogP) is -1.26. The maximum atomic E-state index is 12.1. The minimum atomic E-state index is -1.41. The fraction of sp³-hybridized carbons (Fsp3) is 0.333. The number of carbonyl (C=O) groups excluding carboxylic acids is 1. The van der Waals surface area contributed by atoms with Crippen molar-refractivity contribution in [3.8, 4) is 0 Å². The zero-order chi connectivity index (χ0) is 18.8. The van der Waals surface area contributed by atoms with Crippen molar-refractivity contribution in [2.45, 2.75) is 24.5 Å². The fourth-order valence-corrected chi connectivity index (χ4v) is 2.92. The molecule has 0 aliphatic carbocycles. The molecule has 1 fully saturated rings. The van der Waals surface area contributed by atoms with Crippen molar-refractivity contribution in [1.29, 1.82) is 0 Å². The molecule has 2 aromatic heterocycles. The Bertz CT molecular complexity index is 929. The molecule has 0 radical (unpaired) electrons. The number of nitrogens with zero attached hydrogens (tertiary/aromatic N) is 2. The second-order valence-electron chi connectivity index (χ2n) is 5.62. The molecule has 0 unspecified atom stereocenters. The third-order valence-corrected chi connectivity index (χ3v) is 4.32. The van der Waals surface area contributed by atoms with Crippen LogP contribution in [0.2, 0.25) is 0 Å². The van der Waals surface area contributed by atoms with Crippen LogP contribution in [-0.4, -0.2) is 55.5 Å². The van der Waals surface area contributed by atoms with Crippen molar-refractivity contribution in [1.82, 2.24) is 19.9 Å². The summed E-state index contributed by atoms with van der Waals surface area (Å²) < 4.78 is 6.96. The van der Waals surface area contributed by atoms with E-state index in [9.17, 15) is 24.6 Å². The van der Waals surface area contributed by atoms with Crippen molar-refractivity contribution in [3.05, 3.63) is 61.6 Å². The Hall–Kier alpha value is -2.34. The topological polar surface area (TPSA) is 147 Å². The van der Waals surface area contributed by atoms with Gasteiger partial charge >= 0.3 is 5.69 Å². The molecule has 11 heteroatoms. The first-order chi connectivity index (χ1) is 12.4. The lowest BCUT2D eigenvalue weighted by molar-refractivity contribution is -0.0387. The number of amides is 1. The first-order valence-corrected chi connectivity index (χ1v) is 8.40. The Labute approximate surface area is 154 Å². The molecule has 4 N–H and O–H groups in total. The van der Waals surface area contributed by atoms with Gasteiger partial charge in [0, 0.05) is 18.8 Å². The molecule has 3 heterocycles. The number of pyridine rings is 1. The standard InChI is InChI=1S/C15H15BrN4O6/c16-9-3-1-2-7(18-9)13(24)17-6-8-11(22)12(23)14(26-8)20-5-4-10(21)19-15(20)25/h1-5,8,11-12,14,22-23H,6H2,(H,17,24)(H,19,21,25)/t8-,11-,12-,14-/m1/s1. The highest BCUT2D eigenvalue weighted by Crippen LogP contribution is 2.27. The summed E-state index contributed by atoms with van der Waals surface area (Å²) in [5, 5.41) is 22.8. The number of halogens is 1. The molecule has 1 saturated heterocycles. The van der Waals surface area contributed by atoms with Crippen LogP contribution in [0.4, 0.5) is 0 Å². The Morgan fingerprint density at radius 1 is 1.31 bits per heavy atom. The molecule has 1 aliphatic rings. The van der Waals surface area contributed by atoms with Crippen LogP contribution in [0.15, 0.2) is 44.7 Å². The summed E-state index contributed by atoms with van der Waals surface area (Å²) in [6, 6.07) is 5.93. The van der Waals surface area contributed by atoms with E-state index in [0.717, 1.165) is 16.8 Å². The summed E-state index contributed by atoms with van der Waals surface area (Å²) in [5.41, 5.74) is -1.21. The number of aromatic nitrogens is 3. The lowest BCUT2D eigenvalue weighted by Crippen LogP contribution is -2.40. The van der Waals surface area contributed by atoms with E-state index in [-0.39, 0.29) is 12.2 Å². The first kappa shape index (κ1) is 18.5. The van der Waals surface area contributed by atoms with Crippen LogP contribution in [0.3, 0.4) is 0 Å². The van der Waals surface area contributed by atoms with Gasteiger partial charge < -0.3 is 20.3 Å². The molecule has 0 spiro atoms. The van der Waals surface area contributed by atoms with Crippen LogP contribution in [0.25, 0.3) is 0 Å². The van der Waals surface area contributed by atoms with Crippen LogP contribution in [0, 0.1) is 0 Å². The summed E-state index contributed by atoms with van der Waals surface area (Å²) in [6.07, 6.45) is -3.74. The van der Waals surface area contributed by atoms with E-state index in [1.54, 1.807) is 12.1 Å². The van der Waals surface area contributed by atoms with E-state index >= 15 is 0 Å². The lowest BCUT2D eigenvalue weighted by atomic mass is 10.1. The summed E-state index contributed by atoms with van der Waals surface area (Å²) in [5.74, 6) is -0.485. The molecule has 1 amide bonds. The number of aliphatic hydroxyl groups excluding tert-OH is 2. The molecule has 2 aromatic rings. The van der Waals surface area contributed by atoms with E-state index in [2.05, 4.69) is 26.2 Å². The van der Waals surface area contributed by atoms with Gasteiger partial charge in [-0.1, -0.05) is 6.07 Å². The smallest absolute Gasteiger partial charge is 0.330 e. The monoisotopic (exact) mass is 426 g/mol. The highest BCUT2D eigenvalue weighted by atomic mass is 79.9. The molecule has 138 valence electrons. The number of aromatic amines is 1. The quantitative estimate of drug-likeness (QED) is 0.446. The SMILES string of the molecule is O=C(NC[C@H]1O[C@@H](n2ccc(=O)[nH]c2=O)[C@H](O)[C@@H]1O)c1cccc(Br)n1. The second-order valence-corrected chi connectivity index (χ2v) is 6.43. The van der Waals surface area contributed by atoms with Gasteiger partial charge in [-0.05, 0) is 28.1 Å². The predicted molar refractivity (Wildman–Crippen MR) is 91.5 cm³/mol. The highest BCUT2D eigenvalue weighted by Gasteiger charge is 2.44. The van der Waals surface area contributed by atoms with Crippen molar-refractivity contribution in [2.75, 3.05) is 6.54 Å². The maximum Gasteiger partial charge on any atom is 0.330 e. The van der Waals surface area contributed by atoms with Gasteiger partial charge in [0.15, 0.2) is 6.23 Å². The Balaban J connectivity index is 1.69. The molecule has 3 rings (SSSR count). The molecular formula is C15H15BrN4O6. The van der Waals surface area contributed by atoms with Crippen LogP contribution >= 0.6 is 15.9 Å². The van der Waals surface area contributed by atoms with Crippen molar-refractivity contribution in [3.63, 3.8) is 0 Å². The van der Waals surface area contributed by atoms with Gasteiger partial charge in [-0.15, -0.1) is 0 Å². The summed E-state index contributed by atoms with van der Waals surface area (Å²) in [4.78, 5) is 41.1. The Morgan fingerprint density at radius 2 is 2.08 bits per heavy atom. The number of ether oxygens (including phenoxy) is 1. The van der Waals surface area contributed by atoms with Gasteiger partial charge in [0.05, 0.1) is 0 Å². The molecule has 4 atom stereocenters. The third kappa shape index (κ3) is 3.75. The molecule has 0 saturated carbocycles. The number of carbonyl (C=O) groups is 1. The maximum absolute atomic E-state index is 12.1. The molecule has 0 aromatic carbocycles. The van der Waals surface area contributed by atoms with E-state index in [0.29, 0.717) is 4.60 Å². The number of hydrogen-bond donors (Lipinski definition) is 4. The zero-order valence-electron chi connectivity index (χ0n) is 13.2. The van der Waals surface area contributed by atoms with Gasteiger partial charge in [-0.25, -0.2) is 9.78 Å². The van der Waals surface area contributed by atoms with Gasteiger partial charge in [0.1, 0.15) is 28.6 Å². The van der Waals surface area contributed by atoms with Crippen molar-refractivity contribution in [2.24, 2.45) is 0 Å². The normalized spacial score (nSPS) is 25.2. The number of rotatable bonds is 4. The van der Waals surface area contributed by atoms with Gasteiger partial charge in [-0.2, -0.15) is 0 Å². The number of aliphatic hydroxyl groups is 2. The average molecular weight is 427 g/mol. The van der Waals surface area contributed by atoms with Crippen LogP contribution < -0.4 is 16.6 Å². The summed E-state index contributed by atoms with van der Waals surface area (Å²) in [6.45, 7) is -0.111. The molecule has 1 aliphatic heterocycles. The minimum absolute atomic E-state index is 0.111. The van der Waals surface area contributed by atoms with E-state index in [4.69, 9.17) is 4.74 Å². The molecular weight excluding hydrogens is 412 g/mol. The van der Waals surface area contributed by atoms with Gasteiger partial charge in [0.2, 0.25) is 0 Å². The Kier molecular flexibility index (Phi) is 5.32. The van der Waals surface area contributed by atoms with Crippen molar-refractivity contribution >= 4 is 21.8 Å². The lowest BCUT2D eigenvalue weighted by Gasteiger charge is -2.16. The largest absolute Gasteiger partial charge is 0.387 e. The summed E-state index contributed by atoms with van der Waals surface area (Å²) in [7, 11) is 0. The van der Waals surface area contributed by atoms with E-state index < -0.39 is 41.7 Å². The highest BCUT2D eigenvalue weighted by molar-refractivity contribution is 9.10. The molecule has 10 nitrogen and oxygen atoms in total. The molecule has 26 heavy (non-hydrogen) atoms. The fourth-order valence-electron chi connectivity index (χ4n) is 2.57. The summed E-state index contributed by atoms with van der Waals surface area (Å²) >= 11 is 3.16. The van der Waals surface area contributed by atoms with E-state index in [1.165, 1.54) is 6.07 Å². The number of hydrogen-bond acceptors (Lipinski definition) is 7. The Morgan fingerprint density at radius 3 is 2.77 bits per heavy atom. The second kappa shape index (κ2) is 7.50. The van der Waals surface area contributed by atoms with Crippen LogP contribution in [0.1, 0.15) is 16.7 Å². The minimum Gasteiger partial charge on any atom is -0.387 e.